The molecule has 1 fully saturated rings. The maximum atomic E-state index is 12.3. The third-order valence-corrected chi connectivity index (χ3v) is 6.27. The Morgan fingerprint density at radius 3 is 2.29 bits per heavy atom. The zero-order valence-electron chi connectivity index (χ0n) is 17.8. The summed E-state index contributed by atoms with van der Waals surface area (Å²) < 4.78 is -0.0507. The number of hydrogen-bond donors (Lipinski definition) is 4. The van der Waals surface area contributed by atoms with E-state index in [0.717, 1.165) is 44.3 Å². The Morgan fingerprint density at radius 2 is 1.68 bits per heavy atom. The van der Waals surface area contributed by atoms with Crippen molar-refractivity contribution in [2.45, 2.75) is 51.9 Å². The Hall–Kier alpha value is -1.75. The highest BCUT2D eigenvalue weighted by Crippen LogP contribution is 2.28. The van der Waals surface area contributed by atoms with E-state index in [-0.39, 0.29) is 41.0 Å². The first-order chi connectivity index (χ1) is 14.9. The van der Waals surface area contributed by atoms with Gasteiger partial charge in [-0.05, 0) is 90.5 Å². The number of anilines is 1. The zero-order valence-corrected chi connectivity index (χ0v) is 20.8. The van der Waals surface area contributed by atoms with Crippen molar-refractivity contribution in [3.8, 4) is 0 Å². The highest BCUT2D eigenvalue weighted by atomic mass is 127. The summed E-state index contributed by atoms with van der Waals surface area (Å²) in [6.07, 6.45) is 4.95. The molecule has 1 aliphatic carbocycles. The molecule has 7 nitrogen and oxygen atoms in total. The molecule has 0 aliphatic heterocycles. The van der Waals surface area contributed by atoms with Crippen LogP contribution in [0.2, 0.25) is 0 Å². The van der Waals surface area contributed by atoms with Crippen LogP contribution in [0.5, 0.6) is 0 Å². The summed E-state index contributed by atoms with van der Waals surface area (Å²) in [5, 5.41) is 12.5. The summed E-state index contributed by atoms with van der Waals surface area (Å²) in [5.41, 5.74) is 2.27. The molecule has 0 heterocycles. The second-order valence-electron chi connectivity index (χ2n) is 7.78. The smallest absolute Gasteiger partial charge is 0.224 e. The number of hydrogen-bond acceptors (Lipinski definition) is 4. The molecule has 0 bridgehead atoms. The standard InChI is InChI=1S/C22H31IN4O3S/c1-2-15-5-9-18(10-6-15)27-22(31)24-13-16-3-7-17(8-4-16)21(30)26-14-25-20(29)12-11-19(23)28/h5-6,9-10,16-17H,2-4,7-8,11-14H2,1H3,(H,25,29)(H,26,30)(H2,24,27,31). The van der Waals surface area contributed by atoms with Gasteiger partial charge in [-0.3, -0.25) is 14.4 Å². The summed E-state index contributed by atoms with van der Waals surface area (Å²) in [7, 11) is 0. The zero-order chi connectivity index (χ0) is 22.6. The first-order valence-electron chi connectivity index (χ1n) is 10.7. The highest BCUT2D eigenvalue weighted by Gasteiger charge is 2.26. The van der Waals surface area contributed by atoms with Gasteiger partial charge >= 0.3 is 0 Å². The van der Waals surface area contributed by atoms with Crippen molar-refractivity contribution in [3.05, 3.63) is 29.8 Å². The lowest BCUT2D eigenvalue weighted by Crippen LogP contribution is -2.41. The average Bonchev–Trinajstić information content (AvgIpc) is 2.77. The molecule has 170 valence electrons. The van der Waals surface area contributed by atoms with Crippen LogP contribution in [0.15, 0.2) is 24.3 Å². The normalized spacial score (nSPS) is 18.0. The van der Waals surface area contributed by atoms with E-state index in [2.05, 4.69) is 40.3 Å². The van der Waals surface area contributed by atoms with Crippen LogP contribution in [0, 0.1) is 11.8 Å². The van der Waals surface area contributed by atoms with Gasteiger partial charge in [0.15, 0.2) is 8.90 Å². The number of nitrogens with one attached hydrogen (secondary N) is 4. The molecule has 0 unspecified atom stereocenters. The lowest BCUT2D eigenvalue weighted by atomic mass is 9.81. The molecule has 4 N–H and O–H groups in total. The van der Waals surface area contributed by atoms with Gasteiger partial charge in [0.1, 0.15) is 0 Å². The van der Waals surface area contributed by atoms with E-state index in [1.165, 1.54) is 5.56 Å². The van der Waals surface area contributed by atoms with Crippen LogP contribution in [0.3, 0.4) is 0 Å². The Kier molecular flexibility index (Phi) is 11.2. The summed E-state index contributed by atoms with van der Waals surface area (Å²) in [5.74, 6) is 0.207. The quantitative estimate of drug-likeness (QED) is 0.152. The van der Waals surface area contributed by atoms with Crippen LogP contribution in [-0.4, -0.2) is 33.9 Å². The molecule has 1 aliphatic rings. The molecule has 31 heavy (non-hydrogen) atoms. The fourth-order valence-corrected chi connectivity index (χ4v) is 4.01. The monoisotopic (exact) mass is 558 g/mol. The third kappa shape index (κ3) is 9.94. The molecular weight excluding hydrogens is 527 g/mol. The fourth-order valence-electron chi connectivity index (χ4n) is 3.54. The van der Waals surface area contributed by atoms with E-state index in [1.807, 2.05) is 12.1 Å². The van der Waals surface area contributed by atoms with Gasteiger partial charge in [0.25, 0.3) is 0 Å². The van der Waals surface area contributed by atoms with Crippen molar-refractivity contribution in [2.75, 3.05) is 18.5 Å². The van der Waals surface area contributed by atoms with Crippen molar-refractivity contribution in [2.24, 2.45) is 11.8 Å². The van der Waals surface area contributed by atoms with E-state index in [0.29, 0.717) is 11.0 Å². The largest absolute Gasteiger partial charge is 0.362 e. The third-order valence-electron chi connectivity index (χ3n) is 5.49. The van der Waals surface area contributed by atoms with Crippen LogP contribution in [-0.2, 0) is 20.8 Å². The summed E-state index contributed by atoms with van der Waals surface area (Å²) in [6, 6.07) is 8.24. The molecule has 9 heteroatoms. The number of carbonyl (C=O) groups is 3. The van der Waals surface area contributed by atoms with Crippen molar-refractivity contribution < 1.29 is 14.4 Å². The minimum absolute atomic E-state index is 0.0220. The Morgan fingerprint density at radius 1 is 1.00 bits per heavy atom. The maximum Gasteiger partial charge on any atom is 0.224 e. The SMILES string of the molecule is CCc1ccc(NC(=S)NCC2CCC(C(=O)NCNC(=O)CCC(=O)I)CC2)cc1. The van der Waals surface area contributed by atoms with Gasteiger partial charge in [-0.2, -0.15) is 0 Å². The van der Waals surface area contributed by atoms with E-state index in [4.69, 9.17) is 12.2 Å². The number of rotatable bonds is 10. The van der Waals surface area contributed by atoms with E-state index < -0.39 is 0 Å². The summed E-state index contributed by atoms with van der Waals surface area (Å²) >= 11 is 7.06. The number of thiocarbonyl (C=S) groups is 1. The molecule has 0 aromatic heterocycles. The van der Waals surface area contributed by atoms with Crippen molar-refractivity contribution in [3.63, 3.8) is 0 Å². The Bertz CT molecular complexity index is 765. The van der Waals surface area contributed by atoms with Gasteiger partial charge in [0, 0.05) is 31.0 Å². The van der Waals surface area contributed by atoms with Crippen molar-refractivity contribution >= 4 is 61.2 Å². The number of benzene rings is 1. The fraction of sp³-hybridized carbons (Fsp3) is 0.545. The van der Waals surface area contributed by atoms with Gasteiger partial charge in [-0.15, -0.1) is 0 Å². The lowest BCUT2D eigenvalue weighted by molar-refractivity contribution is -0.127. The van der Waals surface area contributed by atoms with Gasteiger partial charge in [0.05, 0.1) is 6.67 Å². The van der Waals surface area contributed by atoms with Crippen LogP contribution < -0.4 is 21.3 Å². The van der Waals surface area contributed by atoms with Crippen LogP contribution >= 0.6 is 34.8 Å². The van der Waals surface area contributed by atoms with E-state index in [1.54, 1.807) is 22.6 Å². The number of halogens is 1. The van der Waals surface area contributed by atoms with Crippen molar-refractivity contribution in [1.29, 1.82) is 0 Å². The Balaban J connectivity index is 1.59. The topological polar surface area (TPSA) is 99.3 Å². The first kappa shape index (κ1) is 25.5. The maximum absolute atomic E-state index is 12.3. The summed E-state index contributed by atoms with van der Waals surface area (Å²) in [4.78, 5) is 34.8. The highest BCUT2D eigenvalue weighted by molar-refractivity contribution is 14.1. The number of aryl methyl sites for hydroxylation is 1. The first-order valence-corrected chi connectivity index (χ1v) is 12.2. The average molecular weight is 558 g/mol. The molecule has 1 saturated carbocycles. The molecule has 1 aromatic rings. The molecule has 0 saturated heterocycles. The van der Waals surface area contributed by atoms with Crippen LogP contribution in [0.4, 0.5) is 5.69 Å². The molecule has 1 aromatic carbocycles. The van der Waals surface area contributed by atoms with Gasteiger partial charge in [0.2, 0.25) is 11.8 Å². The van der Waals surface area contributed by atoms with E-state index in [9.17, 15) is 14.4 Å². The minimum atomic E-state index is -0.231. The molecule has 2 amide bonds. The van der Waals surface area contributed by atoms with Crippen LogP contribution in [0.25, 0.3) is 0 Å². The molecule has 0 radical (unpaired) electrons. The lowest BCUT2D eigenvalue weighted by Gasteiger charge is -2.28. The van der Waals surface area contributed by atoms with E-state index >= 15 is 0 Å². The molecular formula is C22H31IN4O3S. The summed E-state index contributed by atoms with van der Waals surface area (Å²) in [6.45, 7) is 3.02. The Labute approximate surface area is 203 Å². The molecule has 2 rings (SSSR count). The minimum Gasteiger partial charge on any atom is -0.362 e. The van der Waals surface area contributed by atoms with Crippen molar-refractivity contribution in [1.82, 2.24) is 16.0 Å². The van der Waals surface area contributed by atoms with Gasteiger partial charge in [-0.1, -0.05) is 19.1 Å². The predicted octanol–water partition coefficient (Wildman–Crippen LogP) is 3.27. The number of carbonyl (C=O) groups excluding carboxylic acids is 3. The second kappa shape index (κ2) is 13.6. The van der Waals surface area contributed by atoms with Crippen LogP contribution in [0.1, 0.15) is 51.0 Å². The predicted molar refractivity (Wildman–Crippen MR) is 135 cm³/mol. The number of amides is 2. The second-order valence-corrected chi connectivity index (χ2v) is 9.39. The van der Waals surface area contributed by atoms with Gasteiger partial charge < -0.3 is 21.3 Å². The molecule has 0 atom stereocenters. The molecule has 0 spiro atoms. The van der Waals surface area contributed by atoms with Gasteiger partial charge in [-0.25, -0.2) is 0 Å².